The van der Waals surface area contributed by atoms with Crippen molar-refractivity contribution in [2.45, 2.75) is 20.4 Å². The lowest BCUT2D eigenvalue weighted by Gasteiger charge is -2.09. The molecule has 1 aromatic heterocycles. The van der Waals surface area contributed by atoms with E-state index in [1.165, 1.54) is 0 Å². The molecule has 0 spiro atoms. The number of hydrogen-bond donors (Lipinski definition) is 1. The Morgan fingerprint density at radius 2 is 1.91 bits per heavy atom. The van der Waals surface area contributed by atoms with E-state index in [4.69, 9.17) is 5.11 Å². The van der Waals surface area contributed by atoms with Crippen molar-refractivity contribution in [1.82, 2.24) is 4.57 Å². The fourth-order valence-corrected chi connectivity index (χ4v) is 2.98. The minimum Gasteiger partial charge on any atom is -0.478 e. The number of rotatable bonds is 3. The van der Waals surface area contributed by atoms with Crippen LogP contribution in [0.25, 0.3) is 22.2 Å². The van der Waals surface area contributed by atoms with Crippen molar-refractivity contribution >= 4 is 16.9 Å². The van der Waals surface area contributed by atoms with Crippen molar-refractivity contribution < 1.29 is 9.90 Å². The van der Waals surface area contributed by atoms with Gasteiger partial charge >= 0.3 is 5.97 Å². The molecule has 0 aliphatic heterocycles. The summed E-state index contributed by atoms with van der Waals surface area (Å²) in [6, 6.07) is 15.1. The van der Waals surface area contributed by atoms with Crippen LogP contribution >= 0.6 is 0 Å². The molecule has 0 unspecified atom stereocenters. The van der Waals surface area contributed by atoms with Gasteiger partial charge in [-0.25, -0.2) is 4.79 Å². The van der Waals surface area contributed by atoms with Crippen LogP contribution in [0.3, 0.4) is 0 Å². The van der Waals surface area contributed by atoms with E-state index in [0.29, 0.717) is 5.56 Å². The Labute approximate surface area is 134 Å². The normalized spacial score (nSPS) is 10.7. The van der Waals surface area contributed by atoms with Crippen LogP contribution in [0.1, 0.15) is 28.4 Å². The number of aromatic carboxylic acids is 1. The molecule has 0 saturated carbocycles. The van der Waals surface area contributed by atoms with Crippen molar-refractivity contribution in [1.29, 1.82) is 5.26 Å². The third-order valence-electron chi connectivity index (χ3n) is 4.05. The highest BCUT2D eigenvalue weighted by Crippen LogP contribution is 2.34. The lowest BCUT2D eigenvalue weighted by molar-refractivity contribution is 0.0697. The molecule has 23 heavy (non-hydrogen) atoms. The molecular weight excluding hydrogens is 288 g/mol. The monoisotopic (exact) mass is 304 g/mol. The van der Waals surface area contributed by atoms with Crippen LogP contribution in [0.4, 0.5) is 0 Å². The Morgan fingerprint density at radius 1 is 1.22 bits per heavy atom. The molecule has 0 radical (unpaired) electrons. The lowest BCUT2D eigenvalue weighted by atomic mass is 10.0. The number of fused-ring (bicyclic) bond motifs is 1. The highest BCUT2D eigenvalue weighted by Gasteiger charge is 2.18. The molecule has 3 aromatic rings. The Kier molecular flexibility index (Phi) is 3.63. The van der Waals surface area contributed by atoms with Crippen LogP contribution in [0, 0.1) is 18.3 Å². The molecule has 1 heterocycles. The zero-order chi connectivity index (χ0) is 16.6. The highest BCUT2D eigenvalue weighted by molar-refractivity contribution is 5.95. The molecule has 0 fully saturated rings. The Balaban J connectivity index is 2.32. The molecule has 4 heteroatoms. The number of aromatic nitrogens is 1. The van der Waals surface area contributed by atoms with Crippen LogP contribution in [0.15, 0.2) is 42.5 Å². The Bertz CT molecular complexity index is 944. The Morgan fingerprint density at radius 3 is 2.48 bits per heavy atom. The second-order valence-electron chi connectivity index (χ2n) is 5.48. The number of carbonyl (C=O) groups is 1. The largest absolute Gasteiger partial charge is 0.478 e. The average Bonchev–Trinajstić information content (AvgIpc) is 2.87. The zero-order valence-corrected chi connectivity index (χ0v) is 13.0. The van der Waals surface area contributed by atoms with Crippen molar-refractivity contribution in [3.05, 3.63) is 59.2 Å². The number of carboxylic acids is 1. The van der Waals surface area contributed by atoms with E-state index in [1.807, 2.05) is 32.0 Å². The Hall–Kier alpha value is -3.06. The van der Waals surface area contributed by atoms with Gasteiger partial charge in [0.05, 0.1) is 16.8 Å². The summed E-state index contributed by atoms with van der Waals surface area (Å²) in [5.41, 5.74) is 4.69. The van der Waals surface area contributed by atoms with Gasteiger partial charge in [0.25, 0.3) is 0 Å². The number of nitriles is 1. The molecule has 0 aliphatic carbocycles. The van der Waals surface area contributed by atoms with Gasteiger partial charge in [0.2, 0.25) is 0 Å². The third kappa shape index (κ3) is 2.36. The molecular formula is C19H16N2O2. The van der Waals surface area contributed by atoms with Gasteiger partial charge in [0, 0.05) is 17.4 Å². The summed E-state index contributed by atoms with van der Waals surface area (Å²) in [5, 5.41) is 19.6. The summed E-state index contributed by atoms with van der Waals surface area (Å²) in [5.74, 6) is -0.955. The second kappa shape index (κ2) is 5.62. The maximum atomic E-state index is 11.0. The molecule has 0 amide bonds. The number of aryl methyl sites for hydroxylation is 2. The molecule has 3 rings (SSSR count). The topological polar surface area (TPSA) is 66.0 Å². The molecule has 114 valence electrons. The number of carboxylic acid groups (broad SMARTS) is 1. The van der Waals surface area contributed by atoms with Gasteiger partial charge in [-0.3, -0.25) is 0 Å². The van der Waals surface area contributed by atoms with Gasteiger partial charge in [-0.1, -0.05) is 23.8 Å². The van der Waals surface area contributed by atoms with Gasteiger partial charge in [0.15, 0.2) is 0 Å². The summed E-state index contributed by atoms with van der Waals surface area (Å²) in [7, 11) is 0. The van der Waals surface area contributed by atoms with E-state index in [2.05, 4.69) is 10.6 Å². The van der Waals surface area contributed by atoms with E-state index in [1.54, 1.807) is 24.3 Å². The molecule has 0 bridgehead atoms. The van der Waals surface area contributed by atoms with Gasteiger partial charge < -0.3 is 9.67 Å². The first-order valence-corrected chi connectivity index (χ1v) is 7.43. The molecule has 2 aromatic carbocycles. The highest BCUT2D eigenvalue weighted by atomic mass is 16.4. The number of hydrogen-bond acceptors (Lipinski definition) is 2. The standard InChI is InChI=1S/C19H16N2O2/c1-3-21-17-9-4-12(2)10-15(17)16(11-20)18(21)13-5-7-14(8-6-13)19(22)23/h4-10H,3H2,1-2H3,(H,22,23). The maximum Gasteiger partial charge on any atom is 0.335 e. The van der Waals surface area contributed by atoms with E-state index in [-0.39, 0.29) is 5.56 Å². The molecule has 1 N–H and O–H groups in total. The summed E-state index contributed by atoms with van der Waals surface area (Å²) >= 11 is 0. The predicted molar refractivity (Wildman–Crippen MR) is 89.5 cm³/mol. The van der Waals surface area contributed by atoms with E-state index < -0.39 is 5.97 Å². The first kappa shape index (κ1) is 14.9. The zero-order valence-electron chi connectivity index (χ0n) is 13.0. The fourth-order valence-electron chi connectivity index (χ4n) is 2.98. The van der Waals surface area contributed by atoms with Crippen LogP contribution in [0.5, 0.6) is 0 Å². The second-order valence-corrected chi connectivity index (χ2v) is 5.48. The first-order valence-electron chi connectivity index (χ1n) is 7.43. The average molecular weight is 304 g/mol. The van der Waals surface area contributed by atoms with Crippen LogP contribution < -0.4 is 0 Å². The number of benzene rings is 2. The minimum absolute atomic E-state index is 0.238. The minimum atomic E-state index is -0.955. The lowest BCUT2D eigenvalue weighted by Crippen LogP contribution is -1.99. The third-order valence-corrected chi connectivity index (χ3v) is 4.05. The molecule has 0 aliphatic rings. The summed E-state index contributed by atoms with van der Waals surface area (Å²) in [4.78, 5) is 11.0. The fraction of sp³-hybridized carbons (Fsp3) is 0.158. The molecule has 0 atom stereocenters. The van der Waals surface area contributed by atoms with Gasteiger partial charge in [-0.15, -0.1) is 0 Å². The van der Waals surface area contributed by atoms with Crippen molar-refractivity contribution in [3.8, 4) is 17.3 Å². The van der Waals surface area contributed by atoms with Gasteiger partial charge in [-0.2, -0.15) is 5.26 Å². The van der Waals surface area contributed by atoms with Gasteiger partial charge in [-0.05, 0) is 43.7 Å². The first-order chi connectivity index (χ1) is 11.1. The summed E-state index contributed by atoms with van der Waals surface area (Å²) < 4.78 is 2.10. The van der Waals surface area contributed by atoms with Gasteiger partial charge in [0.1, 0.15) is 6.07 Å². The summed E-state index contributed by atoms with van der Waals surface area (Å²) in [6.45, 7) is 4.78. The predicted octanol–water partition coefficient (Wildman–Crippen LogP) is 4.21. The van der Waals surface area contributed by atoms with Crippen LogP contribution in [-0.2, 0) is 6.54 Å². The molecule has 4 nitrogen and oxygen atoms in total. The maximum absolute atomic E-state index is 11.0. The SMILES string of the molecule is CCn1c(-c2ccc(C(=O)O)cc2)c(C#N)c2cc(C)ccc21. The van der Waals surface area contributed by atoms with Crippen molar-refractivity contribution in [2.75, 3.05) is 0 Å². The smallest absolute Gasteiger partial charge is 0.335 e. The molecule has 0 saturated heterocycles. The van der Waals surface area contributed by atoms with Crippen LogP contribution in [-0.4, -0.2) is 15.6 Å². The van der Waals surface area contributed by atoms with E-state index in [0.717, 1.165) is 34.3 Å². The summed E-state index contributed by atoms with van der Waals surface area (Å²) in [6.07, 6.45) is 0. The van der Waals surface area contributed by atoms with Crippen molar-refractivity contribution in [2.24, 2.45) is 0 Å². The van der Waals surface area contributed by atoms with E-state index in [9.17, 15) is 10.1 Å². The quantitative estimate of drug-likeness (QED) is 0.788. The van der Waals surface area contributed by atoms with E-state index >= 15 is 0 Å². The van der Waals surface area contributed by atoms with Crippen molar-refractivity contribution in [3.63, 3.8) is 0 Å². The number of nitrogens with zero attached hydrogens (tertiary/aromatic N) is 2. The van der Waals surface area contributed by atoms with Crippen LogP contribution in [0.2, 0.25) is 0 Å².